The van der Waals surface area contributed by atoms with Gasteiger partial charge in [-0.3, -0.25) is 0 Å². The number of carbonyl (C=O) groups excluding carboxylic acids is 2. The van der Waals surface area contributed by atoms with E-state index in [0.717, 1.165) is 33.7 Å². The van der Waals surface area contributed by atoms with Crippen molar-refractivity contribution in [2.75, 3.05) is 26.6 Å². The van der Waals surface area contributed by atoms with E-state index in [1.807, 2.05) is 48.5 Å². The first-order valence-electron chi connectivity index (χ1n) is 8.87. The number of methoxy groups -OCH3 is 3. The molecule has 0 saturated carbocycles. The molecule has 29 heavy (non-hydrogen) atoms. The number of rotatable bonds is 6. The van der Waals surface area contributed by atoms with Crippen LogP contribution in [0.15, 0.2) is 72.4 Å². The second-order valence-corrected chi connectivity index (χ2v) is 6.21. The first-order valence-corrected chi connectivity index (χ1v) is 8.87. The summed E-state index contributed by atoms with van der Waals surface area (Å²) in [6.07, 6.45) is 1.06. The van der Waals surface area contributed by atoms with Gasteiger partial charge in [-0.1, -0.05) is 30.3 Å². The number of hydrogen-bond acceptors (Lipinski definition) is 6. The Morgan fingerprint density at radius 2 is 1.55 bits per heavy atom. The van der Waals surface area contributed by atoms with Gasteiger partial charge >= 0.3 is 11.9 Å². The zero-order valence-electron chi connectivity index (χ0n) is 16.4. The normalized spacial score (nSPS) is 11.1. The Morgan fingerprint density at radius 1 is 0.828 bits per heavy atom. The molecule has 0 atom stereocenters. The highest BCUT2D eigenvalue weighted by Gasteiger charge is 2.13. The molecule has 0 aromatic heterocycles. The minimum absolute atomic E-state index is 0.0119. The maximum Gasteiger partial charge on any atom is 0.354 e. The number of anilines is 1. The lowest BCUT2D eigenvalue weighted by Gasteiger charge is -2.11. The molecular formula is C23H21NO5. The van der Waals surface area contributed by atoms with E-state index in [1.165, 1.54) is 14.2 Å². The van der Waals surface area contributed by atoms with Crippen LogP contribution in [0.3, 0.4) is 0 Å². The predicted molar refractivity (Wildman–Crippen MR) is 112 cm³/mol. The van der Waals surface area contributed by atoms with Gasteiger partial charge in [0.05, 0.1) is 27.4 Å². The van der Waals surface area contributed by atoms with Crippen LogP contribution in [-0.4, -0.2) is 33.3 Å². The molecule has 0 fully saturated rings. The van der Waals surface area contributed by atoms with Crippen LogP contribution < -0.4 is 10.1 Å². The second-order valence-electron chi connectivity index (χ2n) is 6.21. The van der Waals surface area contributed by atoms with Crippen LogP contribution in [0.25, 0.3) is 21.9 Å². The molecule has 3 rings (SSSR count). The zero-order chi connectivity index (χ0) is 20.8. The van der Waals surface area contributed by atoms with Gasteiger partial charge in [0.15, 0.2) is 0 Å². The van der Waals surface area contributed by atoms with Crippen molar-refractivity contribution >= 4 is 28.4 Å². The smallest absolute Gasteiger partial charge is 0.354 e. The molecule has 0 aliphatic carbocycles. The molecule has 1 N–H and O–H groups in total. The van der Waals surface area contributed by atoms with Gasteiger partial charge in [0, 0.05) is 5.69 Å². The fraction of sp³-hybridized carbons (Fsp3) is 0.130. The van der Waals surface area contributed by atoms with Crippen molar-refractivity contribution in [3.63, 3.8) is 0 Å². The van der Waals surface area contributed by atoms with Gasteiger partial charge in [0.25, 0.3) is 0 Å². The van der Waals surface area contributed by atoms with Crippen molar-refractivity contribution in [3.8, 4) is 16.9 Å². The van der Waals surface area contributed by atoms with Crippen LogP contribution in [0.2, 0.25) is 0 Å². The van der Waals surface area contributed by atoms with Gasteiger partial charge in [-0.2, -0.15) is 0 Å². The van der Waals surface area contributed by atoms with Gasteiger partial charge in [0.2, 0.25) is 0 Å². The fourth-order valence-electron chi connectivity index (χ4n) is 2.90. The molecule has 6 nitrogen and oxygen atoms in total. The molecular weight excluding hydrogens is 370 g/mol. The van der Waals surface area contributed by atoms with Crippen LogP contribution >= 0.6 is 0 Å². The molecule has 0 heterocycles. The van der Waals surface area contributed by atoms with Gasteiger partial charge in [0.1, 0.15) is 11.4 Å². The van der Waals surface area contributed by atoms with Crippen LogP contribution in [0.4, 0.5) is 5.69 Å². The topological polar surface area (TPSA) is 73.9 Å². The van der Waals surface area contributed by atoms with Crippen molar-refractivity contribution in [2.24, 2.45) is 0 Å². The molecule has 3 aromatic carbocycles. The van der Waals surface area contributed by atoms with Crippen LogP contribution in [0.1, 0.15) is 0 Å². The Balaban J connectivity index is 1.92. The lowest BCUT2D eigenvalue weighted by atomic mass is 10.0. The van der Waals surface area contributed by atoms with Gasteiger partial charge in [-0.05, 0) is 52.2 Å². The largest absolute Gasteiger partial charge is 0.497 e. The summed E-state index contributed by atoms with van der Waals surface area (Å²) in [5.41, 5.74) is 2.60. The monoisotopic (exact) mass is 391 g/mol. The van der Waals surface area contributed by atoms with E-state index in [1.54, 1.807) is 13.2 Å². The summed E-state index contributed by atoms with van der Waals surface area (Å²) in [7, 11) is 4.13. The zero-order valence-corrected chi connectivity index (χ0v) is 16.4. The number of hydrogen-bond donors (Lipinski definition) is 1. The summed E-state index contributed by atoms with van der Waals surface area (Å²) in [4.78, 5) is 23.5. The molecule has 0 aliphatic rings. The number of ether oxygens (including phenoxy) is 3. The number of nitrogens with one attached hydrogen (secondary N) is 1. The maximum atomic E-state index is 12.0. The van der Waals surface area contributed by atoms with Crippen molar-refractivity contribution in [3.05, 3.63) is 72.4 Å². The van der Waals surface area contributed by atoms with Gasteiger partial charge in [-0.15, -0.1) is 0 Å². The minimum atomic E-state index is -0.666. The van der Waals surface area contributed by atoms with Crippen molar-refractivity contribution in [1.29, 1.82) is 0 Å². The van der Waals surface area contributed by atoms with E-state index in [9.17, 15) is 9.59 Å². The highest BCUT2D eigenvalue weighted by atomic mass is 16.5. The fourth-order valence-corrected chi connectivity index (χ4v) is 2.90. The number of esters is 2. The molecule has 0 amide bonds. The SMILES string of the molecule is COC(=O)/C=C(/Nc1cccc(-c2ccc3cc(OC)ccc3c2)c1)C(=O)OC. The van der Waals surface area contributed by atoms with Gasteiger partial charge < -0.3 is 19.5 Å². The highest BCUT2D eigenvalue weighted by molar-refractivity contribution is 5.99. The second kappa shape index (κ2) is 8.93. The Kier molecular flexibility index (Phi) is 6.14. The molecule has 6 heteroatoms. The Bertz CT molecular complexity index is 1090. The Hall–Kier alpha value is -3.80. The molecule has 0 unspecified atom stereocenters. The third-order valence-electron chi connectivity index (χ3n) is 4.39. The van der Waals surface area contributed by atoms with E-state index < -0.39 is 11.9 Å². The van der Waals surface area contributed by atoms with E-state index >= 15 is 0 Å². The first-order chi connectivity index (χ1) is 14.0. The molecule has 3 aromatic rings. The number of fused-ring (bicyclic) bond motifs is 1. The number of benzene rings is 3. The minimum Gasteiger partial charge on any atom is -0.497 e. The summed E-state index contributed by atoms with van der Waals surface area (Å²) >= 11 is 0. The number of carbonyl (C=O) groups is 2. The van der Waals surface area contributed by atoms with E-state index in [4.69, 9.17) is 9.47 Å². The van der Waals surface area contributed by atoms with Crippen LogP contribution in [0.5, 0.6) is 5.75 Å². The molecule has 0 spiro atoms. The standard InChI is InChI=1S/C23H21NO5/c1-27-20-10-9-17-11-16(7-8-18(17)13-20)15-5-4-6-19(12-15)24-21(23(26)29-3)14-22(25)28-2/h4-14,24H,1-3H3/b21-14+. The average Bonchev–Trinajstić information content (AvgIpc) is 2.77. The Morgan fingerprint density at radius 3 is 2.28 bits per heavy atom. The molecule has 0 aliphatic heterocycles. The lowest BCUT2D eigenvalue weighted by molar-refractivity contribution is -0.138. The van der Waals surface area contributed by atoms with E-state index in [0.29, 0.717) is 5.69 Å². The summed E-state index contributed by atoms with van der Waals surface area (Å²) in [6, 6.07) is 19.6. The predicted octanol–water partition coefficient (Wildman–Crippen LogP) is 4.16. The molecule has 0 saturated heterocycles. The summed E-state index contributed by atoms with van der Waals surface area (Å²) in [6.45, 7) is 0. The lowest BCUT2D eigenvalue weighted by Crippen LogP contribution is -2.15. The van der Waals surface area contributed by atoms with Crippen LogP contribution in [0, 0.1) is 0 Å². The van der Waals surface area contributed by atoms with Crippen molar-refractivity contribution in [1.82, 2.24) is 0 Å². The third kappa shape index (κ3) is 4.73. The maximum absolute atomic E-state index is 12.0. The van der Waals surface area contributed by atoms with Crippen molar-refractivity contribution < 1.29 is 23.8 Å². The third-order valence-corrected chi connectivity index (χ3v) is 4.39. The van der Waals surface area contributed by atoms with Gasteiger partial charge in [-0.25, -0.2) is 9.59 Å². The van der Waals surface area contributed by atoms with Crippen LogP contribution in [-0.2, 0) is 19.1 Å². The first kappa shape index (κ1) is 19.9. The molecule has 0 bridgehead atoms. The molecule has 0 radical (unpaired) electrons. The summed E-state index contributed by atoms with van der Waals surface area (Å²) < 4.78 is 14.6. The molecule has 148 valence electrons. The van der Waals surface area contributed by atoms with E-state index in [-0.39, 0.29) is 5.70 Å². The summed E-state index contributed by atoms with van der Waals surface area (Å²) in [5, 5.41) is 5.09. The van der Waals surface area contributed by atoms with E-state index in [2.05, 4.69) is 16.1 Å². The summed E-state index contributed by atoms with van der Waals surface area (Å²) in [5.74, 6) is -0.511. The Labute approximate surface area is 168 Å². The quantitative estimate of drug-likeness (QED) is 0.502. The average molecular weight is 391 g/mol. The van der Waals surface area contributed by atoms with Crippen molar-refractivity contribution in [2.45, 2.75) is 0 Å². The highest BCUT2D eigenvalue weighted by Crippen LogP contribution is 2.28.